The van der Waals surface area contributed by atoms with Crippen molar-refractivity contribution < 1.29 is 13.9 Å². The topological polar surface area (TPSA) is 41.6 Å². The Morgan fingerprint density at radius 2 is 2.10 bits per heavy atom. The molecule has 1 aliphatic heterocycles. The maximum absolute atomic E-state index is 13.5. The Kier molecular flexibility index (Phi) is 5.49. The van der Waals surface area contributed by atoms with E-state index in [0.29, 0.717) is 38.3 Å². The molecule has 0 aliphatic carbocycles. The number of halogens is 1. The third kappa shape index (κ3) is 4.28. The molecule has 20 heavy (non-hydrogen) atoms. The van der Waals surface area contributed by atoms with Crippen LogP contribution in [0.4, 0.5) is 4.39 Å². The summed E-state index contributed by atoms with van der Waals surface area (Å²) in [5.41, 5.74) is 0.673. The number of carbonyl (C=O) groups is 1. The van der Waals surface area contributed by atoms with Crippen LogP contribution in [0.2, 0.25) is 0 Å². The molecule has 110 valence electrons. The molecule has 1 fully saturated rings. The third-order valence-corrected chi connectivity index (χ3v) is 3.45. The van der Waals surface area contributed by atoms with E-state index in [1.54, 1.807) is 17.0 Å². The van der Waals surface area contributed by atoms with Gasteiger partial charge in [-0.2, -0.15) is 0 Å². The number of benzene rings is 1. The standard InChI is InChI=1S/C15H21FN2O2/c1-12(10-13-4-2-3-5-14(13)16)17-11-15(19)18-6-8-20-9-7-18/h2-5,12,17H,6-11H2,1H3/t12-/m1/s1. The zero-order valence-corrected chi connectivity index (χ0v) is 11.8. The molecule has 0 spiro atoms. The average molecular weight is 280 g/mol. The Morgan fingerprint density at radius 3 is 2.80 bits per heavy atom. The van der Waals surface area contributed by atoms with Gasteiger partial charge in [0.2, 0.25) is 5.91 Å². The predicted molar refractivity (Wildman–Crippen MR) is 75.0 cm³/mol. The van der Waals surface area contributed by atoms with Crippen molar-refractivity contribution in [3.8, 4) is 0 Å². The Labute approximate surface area is 118 Å². The van der Waals surface area contributed by atoms with Crippen molar-refractivity contribution in [1.82, 2.24) is 10.2 Å². The summed E-state index contributed by atoms with van der Waals surface area (Å²) in [6.07, 6.45) is 0.572. The average Bonchev–Trinajstić information content (AvgIpc) is 2.48. The molecule has 5 heteroatoms. The summed E-state index contributed by atoms with van der Waals surface area (Å²) in [7, 11) is 0. The van der Waals surface area contributed by atoms with Crippen LogP contribution in [-0.4, -0.2) is 49.7 Å². The Hall–Kier alpha value is -1.46. The van der Waals surface area contributed by atoms with Gasteiger partial charge in [0.05, 0.1) is 19.8 Å². The molecule has 4 nitrogen and oxygen atoms in total. The van der Waals surface area contributed by atoms with Gasteiger partial charge >= 0.3 is 0 Å². The molecule has 1 heterocycles. The largest absolute Gasteiger partial charge is 0.378 e. The van der Waals surface area contributed by atoms with Crippen LogP contribution in [0.25, 0.3) is 0 Å². The second-order valence-corrected chi connectivity index (χ2v) is 5.07. The molecule has 0 radical (unpaired) electrons. The Bertz CT molecular complexity index is 447. The first-order valence-corrected chi connectivity index (χ1v) is 6.99. The predicted octanol–water partition coefficient (Wildman–Crippen LogP) is 1.21. The molecule has 1 amide bonds. The number of nitrogens with one attached hydrogen (secondary N) is 1. The van der Waals surface area contributed by atoms with Gasteiger partial charge in [-0.15, -0.1) is 0 Å². The fraction of sp³-hybridized carbons (Fsp3) is 0.533. The van der Waals surface area contributed by atoms with Crippen LogP contribution in [0.15, 0.2) is 24.3 Å². The first kappa shape index (κ1) is 14.9. The minimum absolute atomic E-state index is 0.0527. The normalized spacial score (nSPS) is 17.0. The minimum atomic E-state index is -0.194. The van der Waals surface area contributed by atoms with E-state index in [1.807, 2.05) is 13.0 Å². The number of hydrogen-bond acceptors (Lipinski definition) is 3. The van der Waals surface area contributed by atoms with Crippen molar-refractivity contribution in [2.45, 2.75) is 19.4 Å². The molecule has 0 bridgehead atoms. The van der Waals surface area contributed by atoms with Crippen molar-refractivity contribution in [1.29, 1.82) is 0 Å². The van der Waals surface area contributed by atoms with Gasteiger partial charge in [-0.1, -0.05) is 18.2 Å². The van der Waals surface area contributed by atoms with E-state index in [1.165, 1.54) is 6.07 Å². The fourth-order valence-corrected chi connectivity index (χ4v) is 2.25. The zero-order chi connectivity index (χ0) is 14.4. The summed E-state index contributed by atoms with van der Waals surface area (Å²) in [4.78, 5) is 13.8. The highest BCUT2D eigenvalue weighted by Gasteiger charge is 2.17. The lowest BCUT2D eigenvalue weighted by molar-refractivity contribution is -0.134. The minimum Gasteiger partial charge on any atom is -0.378 e. The number of amides is 1. The third-order valence-electron chi connectivity index (χ3n) is 3.45. The quantitative estimate of drug-likeness (QED) is 0.881. The van der Waals surface area contributed by atoms with Crippen LogP contribution in [0, 0.1) is 5.82 Å². The van der Waals surface area contributed by atoms with Crippen molar-refractivity contribution in [2.75, 3.05) is 32.8 Å². The van der Waals surface area contributed by atoms with Crippen LogP contribution in [-0.2, 0) is 16.0 Å². The maximum Gasteiger partial charge on any atom is 0.236 e. The highest BCUT2D eigenvalue weighted by atomic mass is 19.1. The van der Waals surface area contributed by atoms with E-state index in [0.717, 1.165) is 0 Å². The van der Waals surface area contributed by atoms with Crippen molar-refractivity contribution in [3.05, 3.63) is 35.6 Å². The van der Waals surface area contributed by atoms with Crippen LogP contribution >= 0.6 is 0 Å². The summed E-state index contributed by atoms with van der Waals surface area (Å²) in [5.74, 6) is -0.116. The molecule has 0 aromatic heterocycles. The van der Waals surface area contributed by atoms with E-state index < -0.39 is 0 Å². The highest BCUT2D eigenvalue weighted by molar-refractivity contribution is 5.78. The van der Waals surface area contributed by atoms with E-state index in [-0.39, 0.29) is 24.3 Å². The lowest BCUT2D eigenvalue weighted by atomic mass is 10.1. The Balaban J connectivity index is 1.76. The van der Waals surface area contributed by atoms with Crippen LogP contribution < -0.4 is 5.32 Å². The van der Waals surface area contributed by atoms with E-state index in [4.69, 9.17) is 4.74 Å². The van der Waals surface area contributed by atoms with Gasteiger partial charge < -0.3 is 15.0 Å². The van der Waals surface area contributed by atoms with Crippen LogP contribution in [0.5, 0.6) is 0 Å². The van der Waals surface area contributed by atoms with Crippen LogP contribution in [0.1, 0.15) is 12.5 Å². The van der Waals surface area contributed by atoms with E-state index in [2.05, 4.69) is 5.32 Å². The van der Waals surface area contributed by atoms with Gasteiger partial charge in [-0.3, -0.25) is 4.79 Å². The first-order chi connectivity index (χ1) is 9.66. The van der Waals surface area contributed by atoms with Crippen molar-refractivity contribution in [3.63, 3.8) is 0 Å². The molecular weight excluding hydrogens is 259 g/mol. The fourth-order valence-electron chi connectivity index (χ4n) is 2.25. The number of rotatable bonds is 5. The lowest BCUT2D eigenvalue weighted by Crippen LogP contribution is -2.46. The summed E-state index contributed by atoms with van der Waals surface area (Å²) in [6, 6.07) is 6.79. The molecule has 2 rings (SSSR count). The van der Waals surface area contributed by atoms with Crippen molar-refractivity contribution >= 4 is 5.91 Å². The van der Waals surface area contributed by atoms with Gasteiger partial charge in [0, 0.05) is 19.1 Å². The zero-order valence-electron chi connectivity index (χ0n) is 11.8. The summed E-state index contributed by atoms with van der Waals surface area (Å²) in [6.45, 7) is 4.77. The van der Waals surface area contributed by atoms with Gasteiger partial charge in [-0.05, 0) is 25.0 Å². The number of nitrogens with zero attached hydrogens (tertiary/aromatic N) is 1. The summed E-state index contributed by atoms with van der Waals surface area (Å²) in [5, 5.41) is 3.16. The molecule has 1 aromatic rings. The second-order valence-electron chi connectivity index (χ2n) is 5.07. The molecule has 1 atom stereocenters. The molecule has 0 unspecified atom stereocenters. The number of hydrogen-bond donors (Lipinski definition) is 1. The molecule has 1 saturated heterocycles. The van der Waals surface area contributed by atoms with Crippen molar-refractivity contribution in [2.24, 2.45) is 0 Å². The van der Waals surface area contributed by atoms with Crippen LogP contribution in [0.3, 0.4) is 0 Å². The monoisotopic (exact) mass is 280 g/mol. The molecule has 0 saturated carbocycles. The van der Waals surface area contributed by atoms with Gasteiger partial charge in [-0.25, -0.2) is 4.39 Å². The first-order valence-electron chi connectivity index (χ1n) is 6.99. The number of ether oxygens (including phenoxy) is 1. The van der Waals surface area contributed by atoms with E-state index >= 15 is 0 Å². The van der Waals surface area contributed by atoms with Gasteiger partial charge in [0.1, 0.15) is 5.82 Å². The maximum atomic E-state index is 13.5. The Morgan fingerprint density at radius 1 is 1.40 bits per heavy atom. The lowest BCUT2D eigenvalue weighted by Gasteiger charge is -2.27. The SMILES string of the molecule is C[C@H](Cc1ccccc1F)NCC(=O)N1CCOCC1. The smallest absolute Gasteiger partial charge is 0.236 e. The molecule has 1 aromatic carbocycles. The number of carbonyl (C=O) groups excluding carboxylic acids is 1. The van der Waals surface area contributed by atoms with Gasteiger partial charge in [0.15, 0.2) is 0 Å². The number of morpholine rings is 1. The molecule has 1 N–H and O–H groups in total. The highest BCUT2D eigenvalue weighted by Crippen LogP contribution is 2.09. The second kappa shape index (κ2) is 7.36. The molecular formula is C15H21FN2O2. The van der Waals surface area contributed by atoms with Gasteiger partial charge in [0.25, 0.3) is 0 Å². The summed E-state index contributed by atoms with van der Waals surface area (Å²) < 4.78 is 18.7. The molecule has 1 aliphatic rings. The van der Waals surface area contributed by atoms with E-state index in [9.17, 15) is 9.18 Å². The summed E-state index contributed by atoms with van der Waals surface area (Å²) >= 11 is 0.